The maximum Gasteiger partial charge on any atom is 0.255 e. The van der Waals surface area contributed by atoms with Gasteiger partial charge in [0.15, 0.2) is 5.67 Å². The number of amides is 1. The number of rotatable bonds is 2. The number of primary amides is 1. The molecule has 1 aromatic carbocycles. The summed E-state index contributed by atoms with van der Waals surface area (Å²) in [5.74, 6) is -1.30. The van der Waals surface area contributed by atoms with E-state index < -0.39 is 17.5 Å². The van der Waals surface area contributed by atoms with Gasteiger partial charge in [-0.3, -0.25) is 4.79 Å². The maximum atomic E-state index is 13.6. The minimum atomic E-state index is -1.86. The molecule has 2 nitrogen and oxygen atoms in total. The lowest BCUT2D eigenvalue weighted by Gasteiger charge is -2.03. The average molecular weight is 214 g/mol. The van der Waals surface area contributed by atoms with Crippen molar-refractivity contribution in [3.05, 3.63) is 34.9 Å². The Morgan fingerprint density at radius 2 is 2.36 bits per heavy atom. The number of benzene rings is 1. The normalized spacial score (nSPS) is 30.0. The van der Waals surface area contributed by atoms with Crippen LogP contribution < -0.4 is 5.73 Å². The van der Waals surface area contributed by atoms with Crippen molar-refractivity contribution in [3.8, 4) is 0 Å². The summed E-state index contributed by atoms with van der Waals surface area (Å²) in [5, 5.41) is 0.543. The highest BCUT2D eigenvalue weighted by Gasteiger charge is 2.61. The van der Waals surface area contributed by atoms with Gasteiger partial charge in [-0.25, -0.2) is 4.39 Å². The minimum Gasteiger partial charge on any atom is -0.367 e. The topological polar surface area (TPSA) is 43.1 Å². The van der Waals surface area contributed by atoms with Gasteiger partial charge in [0.05, 0.1) is 0 Å². The molecule has 14 heavy (non-hydrogen) atoms. The number of carbonyl (C=O) groups is 1. The average Bonchev–Trinajstić information content (AvgIpc) is 2.80. The summed E-state index contributed by atoms with van der Waals surface area (Å²) in [6.07, 6.45) is 0.169. The van der Waals surface area contributed by atoms with Gasteiger partial charge >= 0.3 is 0 Å². The van der Waals surface area contributed by atoms with E-state index in [9.17, 15) is 9.18 Å². The van der Waals surface area contributed by atoms with Crippen LogP contribution in [-0.2, 0) is 4.79 Å². The molecule has 2 atom stereocenters. The number of carbonyl (C=O) groups excluding carboxylic acids is 1. The molecule has 74 valence electrons. The van der Waals surface area contributed by atoms with E-state index >= 15 is 0 Å². The van der Waals surface area contributed by atoms with Crippen molar-refractivity contribution in [2.75, 3.05) is 0 Å². The van der Waals surface area contributed by atoms with E-state index in [1.54, 1.807) is 24.3 Å². The van der Waals surface area contributed by atoms with Gasteiger partial charge in [0, 0.05) is 17.4 Å². The van der Waals surface area contributed by atoms with Gasteiger partial charge in [-0.1, -0.05) is 23.7 Å². The number of hydrogen-bond donors (Lipinski definition) is 1. The van der Waals surface area contributed by atoms with Gasteiger partial charge in [-0.05, 0) is 17.7 Å². The van der Waals surface area contributed by atoms with E-state index in [0.29, 0.717) is 5.02 Å². The summed E-state index contributed by atoms with van der Waals surface area (Å²) in [6, 6.07) is 6.85. The Morgan fingerprint density at radius 3 is 2.86 bits per heavy atom. The zero-order valence-electron chi connectivity index (χ0n) is 7.34. The van der Waals surface area contributed by atoms with Crippen molar-refractivity contribution in [1.29, 1.82) is 0 Å². The first-order chi connectivity index (χ1) is 6.54. The van der Waals surface area contributed by atoms with E-state index in [0.717, 1.165) is 5.56 Å². The molecule has 1 fully saturated rings. The van der Waals surface area contributed by atoms with E-state index in [1.807, 2.05) is 0 Å². The van der Waals surface area contributed by atoms with Gasteiger partial charge in [0.1, 0.15) is 0 Å². The third-order valence-electron chi connectivity index (χ3n) is 2.55. The fourth-order valence-electron chi connectivity index (χ4n) is 1.62. The predicted molar refractivity (Wildman–Crippen MR) is 51.8 cm³/mol. The van der Waals surface area contributed by atoms with Crippen molar-refractivity contribution >= 4 is 17.5 Å². The Morgan fingerprint density at radius 1 is 1.64 bits per heavy atom. The summed E-state index contributed by atoms with van der Waals surface area (Å²) in [7, 11) is 0. The fourth-order valence-corrected chi connectivity index (χ4v) is 1.81. The molecule has 2 N–H and O–H groups in total. The number of nitrogens with two attached hydrogens (primary N) is 1. The van der Waals surface area contributed by atoms with Gasteiger partial charge in [-0.2, -0.15) is 0 Å². The molecule has 0 aliphatic heterocycles. The van der Waals surface area contributed by atoms with Crippen LogP contribution in [0.1, 0.15) is 17.9 Å². The third-order valence-corrected chi connectivity index (χ3v) is 2.79. The van der Waals surface area contributed by atoms with Crippen molar-refractivity contribution in [1.82, 2.24) is 0 Å². The van der Waals surface area contributed by atoms with Crippen LogP contribution in [0, 0.1) is 0 Å². The van der Waals surface area contributed by atoms with Crippen LogP contribution in [0.15, 0.2) is 24.3 Å². The summed E-state index contributed by atoms with van der Waals surface area (Å²) in [6.45, 7) is 0. The first-order valence-electron chi connectivity index (χ1n) is 4.28. The Labute approximate surface area is 85.9 Å². The van der Waals surface area contributed by atoms with Crippen LogP contribution in [0.4, 0.5) is 4.39 Å². The van der Waals surface area contributed by atoms with Crippen LogP contribution in [0.3, 0.4) is 0 Å². The molecule has 1 aromatic rings. The van der Waals surface area contributed by atoms with E-state index in [2.05, 4.69) is 0 Å². The quantitative estimate of drug-likeness (QED) is 0.803. The minimum absolute atomic E-state index is 0.169. The van der Waals surface area contributed by atoms with Crippen molar-refractivity contribution in [2.24, 2.45) is 5.73 Å². The van der Waals surface area contributed by atoms with E-state index in [-0.39, 0.29) is 6.42 Å². The molecule has 0 aromatic heterocycles. The van der Waals surface area contributed by atoms with Crippen LogP contribution in [0.5, 0.6) is 0 Å². The number of hydrogen-bond acceptors (Lipinski definition) is 1. The second-order valence-electron chi connectivity index (χ2n) is 3.54. The smallest absolute Gasteiger partial charge is 0.255 e. The molecule has 1 aliphatic carbocycles. The number of halogens is 2. The molecule has 0 bridgehead atoms. The molecule has 1 amide bonds. The highest BCUT2D eigenvalue weighted by Crippen LogP contribution is 2.54. The lowest BCUT2D eigenvalue weighted by Crippen LogP contribution is -2.27. The molecule has 0 heterocycles. The molecule has 1 aliphatic rings. The number of alkyl halides is 1. The molecule has 0 spiro atoms. The van der Waals surface area contributed by atoms with Crippen LogP contribution in [-0.4, -0.2) is 11.6 Å². The monoisotopic (exact) mass is 213 g/mol. The maximum absolute atomic E-state index is 13.6. The summed E-state index contributed by atoms with van der Waals surface area (Å²) in [5.41, 5.74) is 3.83. The predicted octanol–water partition coefficient (Wildman–Crippen LogP) is 2.02. The summed E-state index contributed by atoms with van der Waals surface area (Å²) >= 11 is 5.75. The van der Waals surface area contributed by atoms with Crippen molar-refractivity contribution < 1.29 is 9.18 Å². The Balaban J connectivity index is 2.25. The van der Waals surface area contributed by atoms with Crippen molar-refractivity contribution in [3.63, 3.8) is 0 Å². The SMILES string of the molecule is NC(=O)[C@]1(F)C[C@H]1c1cccc(Cl)c1. The first kappa shape index (κ1) is 9.46. The Kier molecular flexibility index (Phi) is 2.00. The second-order valence-corrected chi connectivity index (χ2v) is 3.97. The van der Waals surface area contributed by atoms with Gasteiger partial charge in [-0.15, -0.1) is 0 Å². The summed E-state index contributed by atoms with van der Waals surface area (Å²) < 4.78 is 13.6. The Bertz CT molecular complexity index is 395. The summed E-state index contributed by atoms with van der Waals surface area (Å²) in [4.78, 5) is 10.8. The molecule has 1 saturated carbocycles. The zero-order valence-corrected chi connectivity index (χ0v) is 8.09. The molecular weight excluding hydrogens is 205 g/mol. The van der Waals surface area contributed by atoms with Gasteiger partial charge < -0.3 is 5.73 Å². The van der Waals surface area contributed by atoms with Crippen LogP contribution in [0.2, 0.25) is 5.02 Å². The van der Waals surface area contributed by atoms with E-state index in [1.165, 1.54) is 0 Å². The molecule has 0 saturated heterocycles. The molecule has 0 unspecified atom stereocenters. The van der Waals surface area contributed by atoms with Gasteiger partial charge in [0.25, 0.3) is 5.91 Å². The highest BCUT2D eigenvalue weighted by atomic mass is 35.5. The first-order valence-corrected chi connectivity index (χ1v) is 4.66. The Hall–Kier alpha value is -1.09. The zero-order chi connectivity index (χ0) is 10.3. The molecule has 0 radical (unpaired) electrons. The largest absolute Gasteiger partial charge is 0.367 e. The lowest BCUT2D eigenvalue weighted by molar-refractivity contribution is -0.124. The lowest BCUT2D eigenvalue weighted by atomic mass is 10.1. The third kappa shape index (κ3) is 1.38. The molecular formula is C10H9ClFNO. The molecule has 2 rings (SSSR count). The highest BCUT2D eigenvalue weighted by molar-refractivity contribution is 6.30. The fraction of sp³-hybridized carbons (Fsp3) is 0.300. The van der Waals surface area contributed by atoms with E-state index in [4.69, 9.17) is 17.3 Å². The van der Waals surface area contributed by atoms with Crippen LogP contribution >= 0.6 is 11.6 Å². The standard InChI is InChI=1S/C10H9ClFNO/c11-7-3-1-2-6(4-7)8-5-10(8,12)9(13)14/h1-4,8H,5H2,(H2,13,14)/t8-,10-/m0/s1. The van der Waals surface area contributed by atoms with Gasteiger partial charge in [0.2, 0.25) is 0 Å². The second kappa shape index (κ2) is 2.95. The van der Waals surface area contributed by atoms with Crippen molar-refractivity contribution in [2.45, 2.75) is 18.0 Å². The van der Waals surface area contributed by atoms with Crippen LogP contribution in [0.25, 0.3) is 0 Å². The molecule has 4 heteroatoms.